The van der Waals surface area contributed by atoms with Crippen molar-refractivity contribution in [2.45, 2.75) is 43.6 Å². The second kappa shape index (κ2) is 10.9. The average Bonchev–Trinajstić information content (AvgIpc) is 3.47. The number of aliphatic carboxylic acids is 1. The van der Waals surface area contributed by atoms with E-state index in [9.17, 15) is 9.18 Å². The van der Waals surface area contributed by atoms with Crippen LogP contribution in [0.4, 0.5) is 4.39 Å². The zero-order valence-corrected chi connectivity index (χ0v) is 21.0. The van der Waals surface area contributed by atoms with Crippen molar-refractivity contribution in [2.24, 2.45) is 17.0 Å². The number of benzene rings is 3. The number of hydrogen-bond acceptors (Lipinski definition) is 4. The highest BCUT2D eigenvalue weighted by atomic mass is 19.1. The summed E-state index contributed by atoms with van der Waals surface area (Å²) < 4.78 is 20.2. The lowest BCUT2D eigenvalue weighted by Gasteiger charge is -2.39. The second-order valence-corrected chi connectivity index (χ2v) is 10.0. The second-order valence-electron chi connectivity index (χ2n) is 10.0. The summed E-state index contributed by atoms with van der Waals surface area (Å²) in [6.45, 7) is 0.577. The van der Waals surface area contributed by atoms with Gasteiger partial charge in [-0.1, -0.05) is 71.9 Å². The van der Waals surface area contributed by atoms with Crippen LogP contribution in [0.2, 0.25) is 0 Å². The minimum absolute atomic E-state index is 0.0202. The number of nitrogens with zero attached hydrogens (tertiary/aromatic N) is 1. The Morgan fingerprint density at radius 3 is 2.70 bits per heavy atom. The highest BCUT2D eigenvalue weighted by Crippen LogP contribution is 2.57. The molecule has 4 atom stereocenters. The minimum atomic E-state index is -0.774. The maximum absolute atomic E-state index is 13.8. The number of halogens is 1. The molecule has 1 aliphatic heterocycles. The quantitative estimate of drug-likeness (QED) is 0.149. The molecule has 0 spiro atoms. The Bertz CT molecular complexity index is 1310. The van der Waals surface area contributed by atoms with Crippen LogP contribution in [0.3, 0.4) is 0 Å². The van der Waals surface area contributed by atoms with Crippen molar-refractivity contribution in [2.75, 3.05) is 13.7 Å². The molecule has 1 saturated carbocycles. The number of rotatable bonds is 10. The van der Waals surface area contributed by atoms with Crippen LogP contribution in [-0.2, 0) is 19.8 Å². The van der Waals surface area contributed by atoms with Crippen molar-refractivity contribution in [1.82, 2.24) is 0 Å². The van der Waals surface area contributed by atoms with Gasteiger partial charge in [-0.25, -0.2) is 4.39 Å². The van der Waals surface area contributed by atoms with E-state index in [1.165, 1.54) is 12.1 Å². The molecule has 37 heavy (non-hydrogen) atoms. The number of allylic oxidation sites excluding steroid dienone is 2. The van der Waals surface area contributed by atoms with Gasteiger partial charge in [0.05, 0.1) is 18.4 Å². The largest absolute Gasteiger partial charge is 0.481 e. The molecule has 1 N–H and O–H groups in total. The average molecular weight is 502 g/mol. The molecule has 1 aliphatic carbocycles. The molecular formula is C31H32FNO4. The predicted octanol–water partition coefficient (Wildman–Crippen LogP) is 6.50. The zero-order chi connectivity index (χ0) is 25.8. The van der Waals surface area contributed by atoms with Crippen LogP contribution in [0.5, 0.6) is 0 Å². The Labute approximate surface area is 216 Å². The van der Waals surface area contributed by atoms with Crippen molar-refractivity contribution < 1.29 is 23.9 Å². The normalized spacial score (nSPS) is 25.2. The lowest BCUT2D eigenvalue weighted by molar-refractivity contribution is -0.137. The number of carboxylic acid groups (broad SMARTS) is 1. The number of fused-ring (bicyclic) bond motifs is 3. The Hall–Kier alpha value is -3.51. The van der Waals surface area contributed by atoms with Gasteiger partial charge in [0, 0.05) is 23.3 Å². The first-order valence-electron chi connectivity index (χ1n) is 12.9. The molecule has 2 aliphatic rings. The first-order chi connectivity index (χ1) is 18.0. The first kappa shape index (κ1) is 25.2. The Balaban J connectivity index is 1.54. The maximum atomic E-state index is 13.8. The lowest BCUT2D eigenvalue weighted by atomic mass is 9.68. The fourth-order valence-corrected chi connectivity index (χ4v) is 6.33. The summed E-state index contributed by atoms with van der Waals surface area (Å²) in [5.41, 5.74) is 2.72. The van der Waals surface area contributed by atoms with Crippen LogP contribution in [-0.4, -0.2) is 36.6 Å². The summed E-state index contributed by atoms with van der Waals surface area (Å²) in [4.78, 5) is 16.3. The molecule has 2 bridgehead atoms. The Morgan fingerprint density at radius 1 is 1.14 bits per heavy atom. The van der Waals surface area contributed by atoms with Gasteiger partial charge < -0.3 is 14.7 Å². The topological polar surface area (TPSA) is 68.1 Å². The van der Waals surface area contributed by atoms with Gasteiger partial charge in [-0.05, 0) is 60.1 Å². The summed E-state index contributed by atoms with van der Waals surface area (Å²) >= 11 is 0. The number of hydrogen-bond donors (Lipinski definition) is 1. The minimum Gasteiger partial charge on any atom is -0.481 e. The SMILES string of the molecule is CON=C(c1cccc2ccccc12)[C@@H]1[C@@H]2C[C@@](c3ccc(F)cc3)(CO2)[C@H]1C/C=C\CCCC(=O)O. The van der Waals surface area contributed by atoms with Crippen LogP contribution in [0.25, 0.3) is 10.8 Å². The molecule has 192 valence electrons. The molecule has 0 aromatic heterocycles. The van der Waals surface area contributed by atoms with Crippen LogP contribution < -0.4 is 0 Å². The van der Waals surface area contributed by atoms with E-state index in [1.807, 2.05) is 30.3 Å². The van der Waals surface area contributed by atoms with Gasteiger partial charge in [-0.3, -0.25) is 4.79 Å². The molecule has 2 fully saturated rings. The summed E-state index contributed by atoms with van der Waals surface area (Å²) in [6.07, 6.45) is 7.31. The summed E-state index contributed by atoms with van der Waals surface area (Å²) in [5.74, 6) is -0.893. The standard InChI is InChI=1S/C31H32FNO4/c1-36-33-30(25-12-8-10-21-9-6-7-11-24(21)25)29-26(13-4-2-3-5-14-28(34)35)31(19-27(29)37-20-31)22-15-17-23(32)18-16-22/h2,4,6-12,15-18,26-27,29H,3,5,13-14,19-20H2,1H3,(H,34,35)/b4-2-,33-30?/t26-,27-,29-,31-/m0/s1. The molecule has 6 heteroatoms. The van der Waals surface area contributed by atoms with Gasteiger partial charge in [0.25, 0.3) is 0 Å². The van der Waals surface area contributed by atoms with Crippen molar-refractivity contribution in [3.05, 3.63) is 95.8 Å². The van der Waals surface area contributed by atoms with Crippen molar-refractivity contribution in [1.29, 1.82) is 0 Å². The third-order valence-electron chi connectivity index (χ3n) is 7.97. The maximum Gasteiger partial charge on any atom is 0.303 e. The molecule has 5 rings (SSSR count). The Morgan fingerprint density at radius 2 is 1.92 bits per heavy atom. The fraction of sp³-hybridized carbons (Fsp3) is 0.355. The molecule has 5 nitrogen and oxygen atoms in total. The first-order valence-corrected chi connectivity index (χ1v) is 12.9. The number of carboxylic acids is 1. The van der Waals surface area contributed by atoms with Gasteiger partial charge >= 0.3 is 5.97 Å². The van der Waals surface area contributed by atoms with E-state index in [4.69, 9.17) is 14.7 Å². The summed E-state index contributed by atoms with van der Waals surface area (Å²) in [5, 5.41) is 15.8. The smallest absolute Gasteiger partial charge is 0.303 e. The van der Waals surface area contributed by atoms with Crippen molar-refractivity contribution in [3.8, 4) is 0 Å². The predicted molar refractivity (Wildman–Crippen MR) is 142 cm³/mol. The van der Waals surface area contributed by atoms with Crippen molar-refractivity contribution in [3.63, 3.8) is 0 Å². The molecule has 0 radical (unpaired) electrons. The molecule has 1 saturated heterocycles. The third-order valence-corrected chi connectivity index (χ3v) is 7.97. The van der Waals surface area contributed by atoms with Gasteiger partial charge in [0.15, 0.2) is 0 Å². The molecule has 1 heterocycles. The van der Waals surface area contributed by atoms with Crippen LogP contribution in [0.1, 0.15) is 43.2 Å². The number of oxime groups is 1. The van der Waals surface area contributed by atoms with E-state index in [0.29, 0.717) is 13.0 Å². The third kappa shape index (κ3) is 4.90. The Kier molecular flexibility index (Phi) is 7.38. The van der Waals surface area contributed by atoms with Crippen LogP contribution in [0.15, 0.2) is 84.0 Å². The van der Waals surface area contributed by atoms with E-state index >= 15 is 0 Å². The lowest BCUT2D eigenvalue weighted by Crippen LogP contribution is -2.43. The van der Waals surface area contributed by atoms with Crippen LogP contribution >= 0.6 is 0 Å². The highest BCUT2D eigenvalue weighted by Gasteiger charge is 2.60. The number of carbonyl (C=O) groups is 1. The van der Waals surface area contributed by atoms with E-state index in [2.05, 4.69) is 41.6 Å². The molecule has 0 unspecified atom stereocenters. The molecule has 3 aromatic carbocycles. The fourth-order valence-electron chi connectivity index (χ4n) is 6.33. The van der Waals surface area contributed by atoms with Gasteiger partial charge in [0.2, 0.25) is 0 Å². The number of ether oxygens (including phenoxy) is 1. The van der Waals surface area contributed by atoms with Crippen LogP contribution in [0, 0.1) is 17.7 Å². The van der Waals surface area contributed by atoms with Crippen molar-refractivity contribution >= 4 is 22.5 Å². The van der Waals surface area contributed by atoms with Gasteiger partial charge in [-0.15, -0.1) is 0 Å². The summed E-state index contributed by atoms with van der Waals surface area (Å²) in [7, 11) is 1.58. The van der Waals surface area contributed by atoms with E-state index in [1.54, 1.807) is 7.11 Å². The van der Waals surface area contributed by atoms with Gasteiger partial charge in [-0.2, -0.15) is 0 Å². The summed E-state index contributed by atoms with van der Waals surface area (Å²) in [6, 6.07) is 21.3. The van der Waals surface area contributed by atoms with E-state index < -0.39 is 5.97 Å². The molecular weight excluding hydrogens is 469 g/mol. The highest BCUT2D eigenvalue weighted by molar-refractivity contribution is 6.12. The van der Waals surface area contributed by atoms with E-state index in [0.717, 1.165) is 46.9 Å². The van der Waals surface area contributed by atoms with Gasteiger partial charge in [0.1, 0.15) is 12.9 Å². The molecule has 0 amide bonds. The molecule has 3 aromatic rings. The number of unbranched alkanes of at least 4 members (excludes halogenated alkanes) is 1. The van der Waals surface area contributed by atoms with E-state index in [-0.39, 0.29) is 35.6 Å². The monoisotopic (exact) mass is 501 g/mol. The zero-order valence-electron chi connectivity index (χ0n) is 21.0.